The molecule has 2 aliphatic carbocycles. The zero-order valence-electron chi connectivity index (χ0n) is 27.4. The predicted octanol–water partition coefficient (Wildman–Crippen LogP) is 8.52. The third-order valence-electron chi connectivity index (χ3n) is 8.03. The summed E-state index contributed by atoms with van der Waals surface area (Å²) in [5, 5.41) is 19.9. The summed E-state index contributed by atoms with van der Waals surface area (Å²) in [5.74, 6) is -0.181. The Hall–Kier alpha value is -3.60. The maximum absolute atomic E-state index is 12.2. The van der Waals surface area contributed by atoms with Gasteiger partial charge in [-0.2, -0.15) is 0 Å². The lowest BCUT2D eigenvalue weighted by molar-refractivity contribution is -0.125. The van der Waals surface area contributed by atoms with Crippen LogP contribution in [0.25, 0.3) is 0 Å². The molecule has 3 unspecified atom stereocenters. The monoisotopic (exact) mass is 582 g/mol. The Morgan fingerprint density at radius 1 is 0.674 bits per heavy atom. The summed E-state index contributed by atoms with van der Waals surface area (Å²) < 4.78 is 0. The summed E-state index contributed by atoms with van der Waals surface area (Å²) in [6, 6.07) is 0. The minimum atomic E-state index is -0.906. The maximum atomic E-state index is 12.2. The normalized spacial score (nSPS) is 25.3. The first-order valence-corrected chi connectivity index (χ1v) is 15.1. The second kappa shape index (κ2) is 16.3. The van der Waals surface area contributed by atoms with Crippen LogP contribution in [-0.4, -0.2) is 34.0 Å². The number of allylic oxidation sites excluding steroid dienone is 20. The van der Waals surface area contributed by atoms with E-state index in [0.29, 0.717) is 24.0 Å². The van der Waals surface area contributed by atoms with Crippen LogP contribution >= 0.6 is 0 Å². The molecule has 0 radical (unpaired) electrons. The van der Waals surface area contributed by atoms with Crippen molar-refractivity contribution in [2.75, 3.05) is 0 Å². The second-order valence-corrected chi connectivity index (χ2v) is 12.5. The second-order valence-electron chi connectivity index (χ2n) is 12.5. The first kappa shape index (κ1) is 35.6. The van der Waals surface area contributed by atoms with E-state index in [0.717, 1.165) is 33.4 Å². The van der Waals surface area contributed by atoms with E-state index in [-0.39, 0.29) is 22.9 Å². The number of aliphatic hydroxyl groups is 2. The molecule has 43 heavy (non-hydrogen) atoms. The third-order valence-corrected chi connectivity index (χ3v) is 8.03. The average Bonchev–Trinajstić information content (AvgIpc) is 2.92. The highest BCUT2D eigenvalue weighted by Crippen LogP contribution is 2.39. The van der Waals surface area contributed by atoms with E-state index in [1.54, 1.807) is 13.8 Å². The lowest BCUT2D eigenvalue weighted by Crippen LogP contribution is -2.35. The number of ketones is 2. The van der Waals surface area contributed by atoms with E-state index in [2.05, 4.69) is 52.0 Å². The molecule has 2 rings (SSSR count). The van der Waals surface area contributed by atoms with Crippen molar-refractivity contribution in [2.24, 2.45) is 11.3 Å². The van der Waals surface area contributed by atoms with Crippen molar-refractivity contribution >= 4 is 11.6 Å². The molecular formula is C39H50O4. The van der Waals surface area contributed by atoms with Crippen molar-refractivity contribution in [3.63, 3.8) is 0 Å². The summed E-state index contributed by atoms with van der Waals surface area (Å²) in [7, 11) is 0. The molecule has 0 aromatic carbocycles. The van der Waals surface area contributed by atoms with Gasteiger partial charge in [0.15, 0.2) is 11.6 Å². The first-order valence-electron chi connectivity index (χ1n) is 15.1. The minimum absolute atomic E-state index is 0.160. The van der Waals surface area contributed by atoms with Crippen molar-refractivity contribution in [1.29, 1.82) is 0 Å². The summed E-state index contributed by atoms with van der Waals surface area (Å²) in [6.07, 6.45) is 27.5. The van der Waals surface area contributed by atoms with Gasteiger partial charge in [-0.05, 0) is 88.0 Å². The summed E-state index contributed by atoms with van der Waals surface area (Å²) in [6.45, 7) is 17.9. The topological polar surface area (TPSA) is 74.6 Å². The van der Waals surface area contributed by atoms with Crippen LogP contribution in [-0.2, 0) is 9.59 Å². The molecule has 0 amide bonds. The van der Waals surface area contributed by atoms with Gasteiger partial charge in [-0.1, -0.05) is 128 Å². The molecule has 0 aromatic rings. The number of Topliss-reactive ketones (excluding diaryl/α,β-unsaturated/α-hetero) is 2. The zero-order valence-corrected chi connectivity index (χ0v) is 27.4. The molecule has 2 aliphatic rings. The van der Waals surface area contributed by atoms with E-state index in [1.807, 2.05) is 81.5 Å². The third kappa shape index (κ3) is 10.9. The highest BCUT2D eigenvalue weighted by atomic mass is 16.3. The van der Waals surface area contributed by atoms with Crippen LogP contribution in [0.15, 0.2) is 130 Å². The molecule has 3 atom stereocenters. The molecular weight excluding hydrogens is 532 g/mol. The van der Waals surface area contributed by atoms with Crippen LogP contribution in [0.4, 0.5) is 0 Å². The standard InChI is InChI=1S/C39H50O4/c1-26(16-12-18-28(3)20-22-33-30(5)24-35(40)37(42)31(33)6)14-10-11-15-27(2)17-13-19-29(4)21-23-34-32(7)38(43)36(41)25-39(34,8)9/h10-23,30,35-36,40-41H,24-25H2,1-9H3/b11-10+,16-12+,17-13+,22-20+,23-21+,26-14+,27-15+,28-18+,29-19+. The Bertz CT molecular complexity index is 1410. The van der Waals surface area contributed by atoms with Crippen molar-refractivity contribution in [3.05, 3.63) is 130 Å². The molecule has 0 aromatic heterocycles. The fourth-order valence-corrected chi connectivity index (χ4v) is 5.32. The van der Waals surface area contributed by atoms with Gasteiger partial charge in [-0.25, -0.2) is 0 Å². The maximum Gasteiger partial charge on any atom is 0.187 e. The highest BCUT2D eigenvalue weighted by molar-refractivity contribution is 6.01. The minimum Gasteiger partial charge on any atom is -0.385 e. The molecule has 4 nitrogen and oxygen atoms in total. The van der Waals surface area contributed by atoms with Crippen LogP contribution in [0.3, 0.4) is 0 Å². The van der Waals surface area contributed by atoms with Gasteiger partial charge in [0.1, 0.15) is 12.2 Å². The number of hydrogen-bond acceptors (Lipinski definition) is 4. The van der Waals surface area contributed by atoms with Crippen LogP contribution in [0.2, 0.25) is 0 Å². The Balaban J connectivity index is 1.93. The van der Waals surface area contributed by atoms with E-state index in [4.69, 9.17) is 0 Å². The summed E-state index contributed by atoms with van der Waals surface area (Å²) in [5.41, 5.74) is 7.45. The Kier molecular flexibility index (Phi) is 13.5. The molecule has 2 N–H and O–H groups in total. The van der Waals surface area contributed by atoms with Gasteiger partial charge < -0.3 is 10.2 Å². The lowest BCUT2D eigenvalue weighted by Gasteiger charge is -2.34. The Labute approximate surface area is 259 Å². The molecule has 0 heterocycles. The van der Waals surface area contributed by atoms with Crippen molar-refractivity contribution in [2.45, 2.75) is 87.4 Å². The Morgan fingerprint density at radius 3 is 1.65 bits per heavy atom. The lowest BCUT2D eigenvalue weighted by atomic mass is 9.71. The van der Waals surface area contributed by atoms with Gasteiger partial charge in [0.05, 0.1) is 0 Å². The quantitative estimate of drug-likeness (QED) is 0.253. The smallest absolute Gasteiger partial charge is 0.187 e. The number of carbonyl (C=O) groups excluding carboxylic acids is 2. The SMILES string of the molecule is CC1=C(/C=C/C(C)=C/C=C/C(C)=C/C=C/C=C(C)/C=C/C=C(C)/C=C/C2=C(C)C(=O)C(O)CC2(C)C)C(C)CC(O)C1=O. The Morgan fingerprint density at radius 2 is 1.12 bits per heavy atom. The van der Waals surface area contributed by atoms with Gasteiger partial charge in [-0.3, -0.25) is 9.59 Å². The predicted molar refractivity (Wildman–Crippen MR) is 180 cm³/mol. The fourth-order valence-electron chi connectivity index (χ4n) is 5.32. The molecule has 0 saturated carbocycles. The molecule has 4 heteroatoms. The van der Waals surface area contributed by atoms with Crippen molar-refractivity contribution in [1.82, 2.24) is 0 Å². The first-order chi connectivity index (χ1) is 20.1. The number of aliphatic hydroxyl groups excluding tert-OH is 2. The molecule has 0 saturated heterocycles. The molecule has 0 fully saturated rings. The molecule has 0 bridgehead atoms. The van der Waals surface area contributed by atoms with Gasteiger partial charge in [0.2, 0.25) is 0 Å². The van der Waals surface area contributed by atoms with Crippen molar-refractivity contribution in [3.8, 4) is 0 Å². The molecule has 0 aliphatic heterocycles. The molecule has 230 valence electrons. The van der Waals surface area contributed by atoms with Crippen molar-refractivity contribution < 1.29 is 19.8 Å². The zero-order chi connectivity index (χ0) is 32.3. The van der Waals surface area contributed by atoms with Gasteiger partial charge in [0.25, 0.3) is 0 Å². The largest absolute Gasteiger partial charge is 0.385 e. The van der Waals surface area contributed by atoms with Gasteiger partial charge in [0, 0.05) is 0 Å². The van der Waals surface area contributed by atoms with Gasteiger partial charge >= 0.3 is 0 Å². The summed E-state index contributed by atoms with van der Waals surface area (Å²) >= 11 is 0. The van der Waals surface area contributed by atoms with E-state index < -0.39 is 12.2 Å². The molecule has 0 spiro atoms. The fraction of sp³-hybridized carbons (Fsp3) is 0.385. The van der Waals surface area contributed by atoms with E-state index in [1.165, 1.54) is 0 Å². The number of hydrogen-bond donors (Lipinski definition) is 2. The van der Waals surface area contributed by atoms with Crippen LogP contribution < -0.4 is 0 Å². The van der Waals surface area contributed by atoms with E-state index in [9.17, 15) is 19.8 Å². The number of carbonyl (C=O) groups is 2. The van der Waals surface area contributed by atoms with Crippen LogP contribution in [0.5, 0.6) is 0 Å². The van der Waals surface area contributed by atoms with E-state index >= 15 is 0 Å². The number of rotatable bonds is 10. The van der Waals surface area contributed by atoms with Crippen LogP contribution in [0.1, 0.15) is 75.2 Å². The average molecular weight is 583 g/mol. The highest BCUT2D eigenvalue weighted by Gasteiger charge is 2.36. The van der Waals surface area contributed by atoms with Gasteiger partial charge in [-0.15, -0.1) is 0 Å². The van der Waals surface area contributed by atoms with Crippen LogP contribution in [0, 0.1) is 11.3 Å². The summed E-state index contributed by atoms with van der Waals surface area (Å²) in [4.78, 5) is 24.3.